The van der Waals surface area contributed by atoms with Gasteiger partial charge in [0, 0.05) is 29.5 Å². The van der Waals surface area contributed by atoms with Gasteiger partial charge < -0.3 is 4.74 Å². The Morgan fingerprint density at radius 1 is 1.21 bits per heavy atom. The topological polar surface area (TPSA) is 30.3 Å². The van der Waals surface area contributed by atoms with Crippen LogP contribution in [-0.4, -0.2) is 28.3 Å². The van der Waals surface area contributed by atoms with Gasteiger partial charge in [-0.25, -0.2) is 0 Å². The van der Waals surface area contributed by atoms with Gasteiger partial charge in [0.25, 0.3) is 0 Å². The summed E-state index contributed by atoms with van der Waals surface area (Å²) >= 11 is 3.54. The van der Waals surface area contributed by atoms with E-state index in [0.29, 0.717) is 6.04 Å². The van der Waals surface area contributed by atoms with E-state index in [2.05, 4.69) is 62.8 Å². The summed E-state index contributed by atoms with van der Waals surface area (Å²) in [5, 5.41) is 6.06. The zero-order valence-electron chi connectivity index (χ0n) is 13.9. The molecule has 2 aromatic carbocycles. The molecular weight excluding hydrogens is 366 g/mol. The van der Waals surface area contributed by atoms with Gasteiger partial charge >= 0.3 is 0 Å². The molecule has 0 saturated carbocycles. The fourth-order valence-corrected chi connectivity index (χ4v) is 3.84. The molecule has 3 aromatic rings. The molecular formula is C19H20BrN3O. The minimum Gasteiger partial charge on any atom is -0.497 e. The number of hydrogen-bond donors (Lipinski definition) is 0. The van der Waals surface area contributed by atoms with E-state index in [1.54, 1.807) is 7.11 Å². The average molecular weight is 386 g/mol. The Labute approximate surface area is 150 Å². The zero-order chi connectivity index (χ0) is 16.7. The van der Waals surface area contributed by atoms with E-state index in [1.807, 2.05) is 12.1 Å². The Bertz CT molecular complexity index is 872. The first-order valence-corrected chi connectivity index (χ1v) is 8.95. The number of aromatic nitrogens is 2. The maximum Gasteiger partial charge on any atom is 0.118 e. The van der Waals surface area contributed by atoms with E-state index in [-0.39, 0.29) is 0 Å². The smallest absolute Gasteiger partial charge is 0.118 e. The maximum absolute atomic E-state index is 5.24. The number of fused-ring (bicyclic) bond motifs is 3. The molecule has 0 saturated heterocycles. The molecule has 1 atom stereocenters. The molecule has 1 aromatic heterocycles. The van der Waals surface area contributed by atoms with Crippen LogP contribution in [0, 0.1) is 0 Å². The van der Waals surface area contributed by atoms with Crippen LogP contribution in [0.3, 0.4) is 0 Å². The number of methoxy groups -OCH3 is 1. The van der Waals surface area contributed by atoms with Gasteiger partial charge in [-0.05, 0) is 42.8 Å². The average Bonchev–Trinajstić information content (AvgIpc) is 2.94. The van der Waals surface area contributed by atoms with Gasteiger partial charge in [0.1, 0.15) is 5.75 Å². The third kappa shape index (κ3) is 2.82. The number of nitrogens with zero attached hydrogens (tertiary/aromatic N) is 3. The summed E-state index contributed by atoms with van der Waals surface area (Å²) in [5.74, 6) is 0.903. The maximum atomic E-state index is 5.24. The second-order valence-electron chi connectivity index (χ2n) is 6.42. The fourth-order valence-electron chi connectivity index (χ4n) is 3.49. The number of rotatable bonds is 3. The molecule has 4 rings (SSSR count). The lowest BCUT2D eigenvalue weighted by molar-refractivity contribution is 0.176. The number of halogens is 1. The molecule has 0 bridgehead atoms. The van der Waals surface area contributed by atoms with Crippen LogP contribution in [0.25, 0.3) is 10.9 Å². The number of ether oxygens (including phenoxy) is 1. The Morgan fingerprint density at radius 3 is 2.75 bits per heavy atom. The molecule has 1 aliphatic heterocycles. The van der Waals surface area contributed by atoms with Crippen LogP contribution in [0.15, 0.2) is 46.9 Å². The van der Waals surface area contributed by atoms with Crippen LogP contribution < -0.4 is 4.74 Å². The van der Waals surface area contributed by atoms with E-state index in [0.717, 1.165) is 35.4 Å². The molecule has 4 nitrogen and oxygen atoms in total. The molecule has 124 valence electrons. The van der Waals surface area contributed by atoms with Crippen molar-refractivity contribution in [1.82, 2.24) is 14.7 Å². The number of benzene rings is 2. The first kappa shape index (κ1) is 15.7. The predicted octanol–water partition coefficient (Wildman–Crippen LogP) is 4.38. The quantitative estimate of drug-likeness (QED) is 0.669. The summed E-state index contributed by atoms with van der Waals surface area (Å²) in [4.78, 5) is 2.49. The normalized spacial score (nSPS) is 17.9. The molecule has 0 N–H and O–H groups in total. The Kier molecular flexibility index (Phi) is 4.06. The fraction of sp³-hybridized carbons (Fsp3) is 0.316. The molecule has 24 heavy (non-hydrogen) atoms. The van der Waals surface area contributed by atoms with Gasteiger partial charge in [0.15, 0.2) is 0 Å². The van der Waals surface area contributed by atoms with Crippen molar-refractivity contribution >= 4 is 26.8 Å². The van der Waals surface area contributed by atoms with Crippen LogP contribution in [-0.2, 0) is 13.1 Å². The van der Waals surface area contributed by atoms with Gasteiger partial charge in [-0.15, -0.1) is 0 Å². The van der Waals surface area contributed by atoms with Crippen molar-refractivity contribution in [2.45, 2.75) is 26.1 Å². The van der Waals surface area contributed by atoms with Crippen LogP contribution in [0.2, 0.25) is 0 Å². The van der Waals surface area contributed by atoms with E-state index in [1.165, 1.54) is 16.6 Å². The second-order valence-corrected chi connectivity index (χ2v) is 7.34. The van der Waals surface area contributed by atoms with Gasteiger partial charge in [-0.3, -0.25) is 9.58 Å². The largest absolute Gasteiger partial charge is 0.497 e. The minimum absolute atomic E-state index is 0.373. The van der Waals surface area contributed by atoms with Crippen molar-refractivity contribution in [3.63, 3.8) is 0 Å². The van der Waals surface area contributed by atoms with Gasteiger partial charge in [-0.2, -0.15) is 5.10 Å². The monoisotopic (exact) mass is 385 g/mol. The van der Waals surface area contributed by atoms with Crippen molar-refractivity contribution < 1.29 is 4.74 Å². The van der Waals surface area contributed by atoms with Crippen LogP contribution >= 0.6 is 15.9 Å². The van der Waals surface area contributed by atoms with Gasteiger partial charge in [-0.1, -0.05) is 28.1 Å². The number of hydrogen-bond acceptors (Lipinski definition) is 3. The Morgan fingerprint density at radius 2 is 2.00 bits per heavy atom. The van der Waals surface area contributed by atoms with Crippen LogP contribution in [0.5, 0.6) is 5.75 Å². The first-order chi connectivity index (χ1) is 11.6. The lowest BCUT2D eigenvalue weighted by Gasteiger charge is -2.32. The summed E-state index contributed by atoms with van der Waals surface area (Å²) in [5.41, 5.74) is 3.69. The summed E-state index contributed by atoms with van der Waals surface area (Å²) in [6, 6.07) is 15.1. The molecule has 0 aliphatic carbocycles. The van der Waals surface area contributed by atoms with Crippen LogP contribution in [0.4, 0.5) is 0 Å². The van der Waals surface area contributed by atoms with Crippen molar-refractivity contribution in [2.24, 2.45) is 0 Å². The third-order valence-electron chi connectivity index (χ3n) is 4.64. The minimum atomic E-state index is 0.373. The Balaban J connectivity index is 1.61. The van der Waals surface area contributed by atoms with E-state index in [9.17, 15) is 0 Å². The molecule has 5 heteroatoms. The highest BCUT2D eigenvalue weighted by Crippen LogP contribution is 2.30. The highest BCUT2D eigenvalue weighted by Gasteiger charge is 2.25. The molecule has 0 spiro atoms. The van der Waals surface area contributed by atoms with Crippen molar-refractivity contribution in [1.29, 1.82) is 0 Å². The molecule has 1 aliphatic rings. The zero-order valence-corrected chi connectivity index (χ0v) is 15.5. The molecule has 0 unspecified atom stereocenters. The molecule has 0 fully saturated rings. The molecule has 2 heterocycles. The standard InChI is InChI=1S/C19H20BrN3O/c1-13-10-22(11-14-3-6-16(24-2)7-4-14)12-19-17-8-5-15(20)9-18(17)21-23(13)19/h3-9,13H,10-12H2,1-2H3/t13-/m1/s1. The predicted molar refractivity (Wildman–Crippen MR) is 99.3 cm³/mol. The first-order valence-electron chi connectivity index (χ1n) is 8.16. The highest BCUT2D eigenvalue weighted by molar-refractivity contribution is 9.10. The lowest BCUT2D eigenvalue weighted by atomic mass is 10.1. The highest BCUT2D eigenvalue weighted by atomic mass is 79.9. The van der Waals surface area contributed by atoms with Crippen molar-refractivity contribution in [3.05, 3.63) is 58.2 Å². The SMILES string of the molecule is COc1ccc(CN2Cc3c4ccc(Br)cc4nn3[C@H](C)C2)cc1. The van der Waals surface area contributed by atoms with Gasteiger partial charge in [0.2, 0.25) is 0 Å². The van der Waals surface area contributed by atoms with Gasteiger partial charge in [0.05, 0.1) is 24.4 Å². The summed E-state index contributed by atoms with van der Waals surface area (Å²) in [7, 11) is 1.70. The summed E-state index contributed by atoms with van der Waals surface area (Å²) in [6.07, 6.45) is 0. The van der Waals surface area contributed by atoms with Crippen molar-refractivity contribution in [2.75, 3.05) is 13.7 Å². The van der Waals surface area contributed by atoms with Crippen molar-refractivity contribution in [3.8, 4) is 5.75 Å². The van der Waals surface area contributed by atoms with Crippen LogP contribution in [0.1, 0.15) is 24.2 Å². The van der Waals surface area contributed by atoms with E-state index in [4.69, 9.17) is 9.84 Å². The third-order valence-corrected chi connectivity index (χ3v) is 5.13. The summed E-state index contributed by atoms with van der Waals surface area (Å²) in [6.45, 7) is 5.12. The second kappa shape index (κ2) is 6.22. The lowest BCUT2D eigenvalue weighted by Crippen LogP contribution is -2.36. The Hall–Kier alpha value is -1.85. The van der Waals surface area contributed by atoms with E-state index >= 15 is 0 Å². The summed E-state index contributed by atoms with van der Waals surface area (Å²) < 4.78 is 8.51. The van der Waals surface area contributed by atoms with E-state index < -0.39 is 0 Å². The molecule has 0 amide bonds. The molecule has 0 radical (unpaired) electrons.